The van der Waals surface area contributed by atoms with Gasteiger partial charge in [0.15, 0.2) is 23.9 Å². The molecule has 3 heterocycles. The first-order valence-corrected chi connectivity index (χ1v) is 19.3. The van der Waals surface area contributed by atoms with Gasteiger partial charge in [0.2, 0.25) is 0 Å². The molecule has 1 aliphatic heterocycles. The summed E-state index contributed by atoms with van der Waals surface area (Å²) >= 11 is 14.2. The van der Waals surface area contributed by atoms with Crippen LogP contribution in [0.15, 0.2) is 67.0 Å². The van der Waals surface area contributed by atoms with Crippen molar-refractivity contribution in [3.05, 3.63) is 103 Å². The fourth-order valence-electron chi connectivity index (χ4n) is 6.13. The number of aromatic hydroxyl groups is 1. The van der Waals surface area contributed by atoms with Crippen LogP contribution in [0.5, 0.6) is 17.2 Å². The Morgan fingerprint density at radius 1 is 0.964 bits per heavy atom. The van der Waals surface area contributed by atoms with Gasteiger partial charge in [-0.15, -0.1) is 11.3 Å². The van der Waals surface area contributed by atoms with Gasteiger partial charge in [0, 0.05) is 23.4 Å². The van der Waals surface area contributed by atoms with Gasteiger partial charge in [0.05, 0.1) is 13.2 Å². The topological polar surface area (TPSA) is 151 Å². The smallest absolute Gasteiger partial charge is 0.387 e. The summed E-state index contributed by atoms with van der Waals surface area (Å²) in [5, 5.41) is 14.0. The van der Waals surface area contributed by atoms with E-state index in [2.05, 4.69) is 22.2 Å². The second-order valence-corrected chi connectivity index (χ2v) is 15.6. The summed E-state index contributed by atoms with van der Waals surface area (Å²) < 4.78 is 49.0. The second-order valence-electron chi connectivity index (χ2n) is 13.6. The molecule has 4 N–H and O–H groups in total. The predicted octanol–water partition coefficient (Wildman–Crippen LogP) is 7.64. The van der Waals surface area contributed by atoms with Gasteiger partial charge in [-0.2, -0.15) is 8.78 Å². The first-order chi connectivity index (χ1) is 26.0. The van der Waals surface area contributed by atoms with Crippen LogP contribution in [0.25, 0.3) is 0 Å². The van der Waals surface area contributed by atoms with Gasteiger partial charge in [-0.1, -0.05) is 41.4 Å². The highest BCUT2D eigenvalue weighted by Gasteiger charge is 2.28. The standard InChI is InChI=1S/C39H41Cl2F2N3O7S.H2O/c1-46-13-11-24(12-14-46)22-51-38(49)36(26-3-2-4-27(47)15-26)45-18-28-8-10-35(54-28)37(48)52-33(17-29-30(40)19-44-20-31(29)41)25-7-9-32(53-39(42)43)34(16-25)50-21-23-5-6-23;/h2-4,7-10,15-16,19-20,23-24,33,36,39,45,47H,5-6,11-14,17-18,21-22H2,1H3;1H2/t33-,36?;/m0./s1. The lowest BCUT2D eigenvalue weighted by Gasteiger charge is -2.29. The number of benzene rings is 2. The molecule has 6 rings (SSSR count). The largest absolute Gasteiger partial charge is 0.870 e. The molecule has 16 heteroatoms. The van der Waals surface area contributed by atoms with Gasteiger partial charge >= 0.3 is 18.6 Å². The number of carbonyl (C=O) groups is 2. The minimum Gasteiger partial charge on any atom is -0.870 e. The zero-order valence-corrected chi connectivity index (χ0v) is 32.3. The number of aromatic amines is 1. The van der Waals surface area contributed by atoms with Gasteiger partial charge in [0.25, 0.3) is 0 Å². The molecule has 0 radical (unpaired) electrons. The van der Waals surface area contributed by atoms with Crippen molar-refractivity contribution in [3.63, 3.8) is 0 Å². The highest BCUT2D eigenvalue weighted by atomic mass is 35.5. The van der Waals surface area contributed by atoms with Crippen LogP contribution in [0.3, 0.4) is 0 Å². The van der Waals surface area contributed by atoms with Crippen LogP contribution in [-0.2, 0) is 27.2 Å². The van der Waals surface area contributed by atoms with Gasteiger partial charge in [-0.3, -0.25) is 5.32 Å². The number of phenolic OH excluding ortho intramolecular Hbond substituents is 1. The summed E-state index contributed by atoms with van der Waals surface area (Å²) in [5.74, 6) is -0.478. The average molecular weight is 823 g/mol. The molecule has 0 spiro atoms. The molecule has 2 atom stereocenters. The summed E-state index contributed by atoms with van der Waals surface area (Å²) in [7, 11) is 2.07. The Kier molecular flexibility index (Phi) is 15.1. The number of pyridine rings is 1. The van der Waals surface area contributed by atoms with Crippen LogP contribution in [0.2, 0.25) is 10.0 Å². The van der Waals surface area contributed by atoms with E-state index in [4.69, 9.17) is 42.1 Å². The number of hydrogen-bond donors (Lipinski definition) is 2. The zero-order valence-electron chi connectivity index (χ0n) is 30.0. The van der Waals surface area contributed by atoms with Crippen molar-refractivity contribution in [3.8, 4) is 17.2 Å². The highest BCUT2D eigenvalue weighted by Crippen LogP contribution is 2.38. The van der Waals surface area contributed by atoms with Crippen molar-refractivity contribution in [2.24, 2.45) is 11.8 Å². The Hall–Kier alpha value is -4.05. The number of esters is 2. The molecule has 0 amide bonds. The molecule has 1 unspecified atom stereocenters. The van der Waals surface area contributed by atoms with Crippen molar-refractivity contribution >= 4 is 46.5 Å². The summed E-state index contributed by atoms with van der Waals surface area (Å²) in [6.45, 7) is -0.291. The Morgan fingerprint density at radius 2 is 1.69 bits per heavy atom. The van der Waals surface area contributed by atoms with Crippen molar-refractivity contribution in [2.75, 3.05) is 33.4 Å². The minimum absolute atomic E-state index is 0. The molecule has 4 aromatic rings. The van der Waals surface area contributed by atoms with E-state index in [0.29, 0.717) is 45.9 Å². The highest BCUT2D eigenvalue weighted by molar-refractivity contribution is 7.13. The first-order valence-electron chi connectivity index (χ1n) is 17.7. The Labute approximate surface area is 331 Å². The number of nitrogens with zero attached hydrogens (tertiary/aromatic N) is 1. The van der Waals surface area contributed by atoms with Crippen molar-refractivity contribution < 1.29 is 52.9 Å². The Morgan fingerprint density at radius 3 is 2.38 bits per heavy atom. The number of piperidine rings is 1. The van der Waals surface area contributed by atoms with Crippen LogP contribution in [0.1, 0.15) is 69.1 Å². The van der Waals surface area contributed by atoms with E-state index < -0.39 is 30.7 Å². The van der Waals surface area contributed by atoms with Crippen LogP contribution >= 0.6 is 34.5 Å². The van der Waals surface area contributed by atoms with Gasteiger partial charge < -0.3 is 34.4 Å². The van der Waals surface area contributed by atoms with Crippen molar-refractivity contribution in [2.45, 2.75) is 57.4 Å². The van der Waals surface area contributed by atoms with E-state index in [1.807, 2.05) is 0 Å². The van der Waals surface area contributed by atoms with Crippen molar-refractivity contribution in [1.82, 2.24) is 10.2 Å². The zero-order chi connectivity index (χ0) is 38.2. The van der Waals surface area contributed by atoms with Gasteiger partial charge in [-0.05, 0) is 105 Å². The molecular weight excluding hydrogens is 779 g/mol. The normalized spacial score (nSPS) is 15.9. The lowest BCUT2D eigenvalue weighted by molar-refractivity contribution is -0.377. The number of phenols is 1. The lowest BCUT2D eigenvalue weighted by Crippen LogP contribution is -2.34. The molecule has 1 saturated carbocycles. The first kappa shape index (κ1) is 42.1. The molecule has 1 saturated heterocycles. The summed E-state index contributed by atoms with van der Waals surface area (Å²) in [6, 6.07) is 13.4. The fraction of sp³-hybridized carbons (Fsp3) is 0.410. The van der Waals surface area contributed by atoms with Crippen LogP contribution in [0, 0.1) is 11.8 Å². The molecular formula is C39H43Cl2F2N3O8S. The number of thiophene rings is 1. The molecule has 2 aromatic heterocycles. The van der Waals surface area contributed by atoms with E-state index in [1.54, 1.807) is 36.7 Å². The number of aromatic nitrogens is 1. The number of ether oxygens (including phenoxy) is 4. The molecule has 2 aliphatic rings. The third kappa shape index (κ3) is 12.0. The van der Waals surface area contributed by atoms with E-state index in [-0.39, 0.29) is 46.5 Å². The number of carbonyl (C=O) groups excluding carboxylic acids is 2. The number of likely N-dealkylation sites (tertiary alicyclic amines) is 1. The van der Waals surface area contributed by atoms with E-state index in [1.165, 1.54) is 41.7 Å². The Balaban J connectivity index is 0.00000580. The minimum atomic E-state index is -3.06. The van der Waals surface area contributed by atoms with Gasteiger partial charge in [-0.25, -0.2) is 14.6 Å². The number of rotatable bonds is 17. The monoisotopic (exact) mass is 821 g/mol. The van der Waals surface area contributed by atoms with E-state index in [9.17, 15) is 23.5 Å². The maximum atomic E-state index is 13.7. The van der Waals surface area contributed by atoms with Gasteiger partial charge in [0.1, 0.15) is 32.8 Å². The van der Waals surface area contributed by atoms with Crippen LogP contribution in [-0.4, -0.2) is 67.4 Å². The summed E-state index contributed by atoms with van der Waals surface area (Å²) in [4.78, 5) is 33.3. The maximum absolute atomic E-state index is 13.7. The summed E-state index contributed by atoms with van der Waals surface area (Å²) in [6.07, 6.45) is 6.10. The number of H-pyrrole nitrogens is 1. The third-order valence-electron chi connectivity index (χ3n) is 9.44. The number of hydrogen-bond acceptors (Lipinski definition) is 11. The van der Waals surface area contributed by atoms with Crippen LogP contribution in [0.4, 0.5) is 8.78 Å². The average Bonchev–Trinajstić information content (AvgIpc) is 3.86. The molecule has 55 heavy (non-hydrogen) atoms. The number of nitrogens with one attached hydrogen (secondary N) is 2. The predicted molar refractivity (Wildman–Crippen MR) is 201 cm³/mol. The molecule has 2 aromatic carbocycles. The molecule has 11 nitrogen and oxygen atoms in total. The Bertz CT molecular complexity index is 1890. The molecule has 1 aliphatic carbocycles. The van der Waals surface area contributed by atoms with E-state index >= 15 is 0 Å². The van der Waals surface area contributed by atoms with Crippen molar-refractivity contribution in [1.29, 1.82) is 0 Å². The SMILES string of the molecule is CN1CCC(COC(=O)C(NCc2ccc(C(=O)O[C@@H](Cc3c(Cl)c[nH+]cc3Cl)c3ccc(OC(F)F)c(OCC4CC4)c3)s2)c2cccc(O)c2)CC1.[OH-]. The third-order valence-corrected chi connectivity index (χ3v) is 11.2. The summed E-state index contributed by atoms with van der Waals surface area (Å²) in [5.41, 5.74) is 1.52. The second kappa shape index (κ2) is 19.7. The molecule has 0 bridgehead atoms. The van der Waals surface area contributed by atoms with Crippen LogP contribution < -0.4 is 19.8 Å². The lowest BCUT2D eigenvalue weighted by atomic mass is 9.98. The molecule has 2 fully saturated rings. The number of halogens is 4. The quantitative estimate of drug-likeness (QED) is 0.102. The fourth-order valence-corrected chi connectivity index (χ4v) is 7.51. The maximum Gasteiger partial charge on any atom is 0.387 e. The number of alkyl halides is 2. The molecule has 296 valence electrons. The van der Waals surface area contributed by atoms with E-state index in [0.717, 1.165) is 43.6 Å².